The number of nitrogens with one attached hydrogen (secondary N) is 1. The van der Waals surface area contributed by atoms with Gasteiger partial charge in [-0.1, -0.05) is 12.1 Å². The van der Waals surface area contributed by atoms with Gasteiger partial charge in [0.15, 0.2) is 0 Å². The number of rotatable bonds is 6. The Hall–Kier alpha value is -3.35. The molecule has 2 aromatic heterocycles. The van der Waals surface area contributed by atoms with Crippen LogP contribution in [0.5, 0.6) is 6.01 Å². The van der Waals surface area contributed by atoms with Gasteiger partial charge in [0.2, 0.25) is 0 Å². The Balaban J connectivity index is 1.33. The number of benzene rings is 1. The first kappa shape index (κ1) is 24.0. The van der Waals surface area contributed by atoms with Gasteiger partial charge in [-0.05, 0) is 45.0 Å². The molecule has 1 aromatic carbocycles. The van der Waals surface area contributed by atoms with Crippen LogP contribution in [0.1, 0.15) is 30.5 Å². The van der Waals surface area contributed by atoms with Crippen LogP contribution in [0.25, 0.3) is 10.9 Å². The lowest BCUT2D eigenvalue weighted by Gasteiger charge is -2.37. The molecule has 0 saturated carbocycles. The van der Waals surface area contributed by atoms with Gasteiger partial charge in [-0.3, -0.25) is 0 Å². The second-order valence-corrected chi connectivity index (χ2v) is 10.6. The molecular weight excluding hydrogens is 464 g/mol. The molecule has 2 atom stereocenters. The molecule has 6 rings (SSSR count). The maximum absolute atomic E-state index is 9.26. The van der Waals surface area contributed by atoms with E-state index in [0.29, 0.717) is 25.1 Å². The number of likely N-dealkylation sites (N-methyl/N-ethyl adjacent to an activating group) is 1. The number of fused-ring (bicyclic) bond motifs is 2. The fraction of sp³-hybridized carbons (Fsp3) is 0.536. The molecule has 0 radical (unpaired) electrons. The van der Waals surface area contributed by atoms with Gasteiger partial charge in [-0.15, -0.1) is 0 Å². The summed E-state index contributed by atoms with van der Waals surface area (Å²) in [5.74, 6) is 0.987. The Labute approximate surface area is 218 Å². The molecule has 0 aliphatic carbocycles. The van der Waals surface area contributed by atoms with Crippen LogP contribution in [-0.2, 0) is 20.0 Å². The van der Waals surface area contributed by atoms with Crippen LogP contribution in [-0.4, -0.2) is 77.9 Å². The molecular formula is C28H36N8O. The lowest BCUT2D eigenvalue weighted by atomic mass is 10.0. The standard InChI is InChI=1S/C28H36N8O/c1-33-13-4-6-22(33)19-37-28-31-24-18-35(25-7-3-5-20-9-14-34(2)26(20)25)15-10-23(24)27(32-28)36-16-12-30-21(17-36)8-11-29/h3,5,7,9,14,21-22,30H,4,6,8,10,12-13,15-19H2,1-2H3. The van der Waals surface area contributed by atoms with E-state index in [4.69, 9.17) is 14.7 Å². The van der Waals surface area contributed by atoms with Gasteiger partial charge in [0, 0.05) is 62.5 Å². The van der Waals surface area contributed by atoms with Crippen LogP contribution >= 0.6 is 0 Å². The van der Waals surface area contributed by atoms with E-state index in [0.717, 1.165) is 63.6 Å². The zero-order valence-electron chi connectivity index (χ0n) is 21.9. The summed E-state index contributed by atoms with van der Waals surface area (Å²) < 4.78 is 8.47. The molecule has 0 bridgehead atoms. The number of nitriles is 1. The minimum absolute atomic E-state index is 0.149. The highest BCUT2D eigenvalue weighted by atomic mass is 16.5. The number of hydrogen-bond donors (Lipinski definition) is 1. The summed E-state index contributed by atoms with van der Waals surface area (Å²) in [6.45, 7) is 5.84. The molecule has 194 valence electrons. The Kier molecular flexibility index (Phi) is 6.61. The second-order valence-electron chi connectivity index (χ2n) is 10.6. The first-order valence-corrected chi connectivity index (χ1v) is 13.5. The Morgan fingerprint density at radius 2 is 2.05 bits per heavy atom. The first-order valence-electron chi connectivity index (χ1n) is 13.5. The number of ether oxygens (including phenoxy) is 1. The van der Waals surface area contributed by atoms with Crippen LogP contribution in [0, 0.1) is 11.3 Å². The molecule has 3 aliphatic heterocycles. The number of nitrogens with zero attached hydrogens (tertiary/aromatic N) is 7. The summed E-state index contributed by atoms with van der Waals surface area (Å²) in [6, 6.07) is 12.1. The molecule has 1 N–H and O–H groups in total. The minimum atomic E-state index is 0.149. The number of piperazine rings is 1. The van der Waals surface area contributed by atoms with Crippen molar-refractivity contribution in [3.8, 4) is 12.1 Å². The predicted molar refractivity (Wildman–Crippen MR) is 145 cm³/mol. The molecule has 37 heavy (non-hydrogen) atoms. The first-order chi connectivity index (χ1) is 18.1. The quantitative estimate of drug-likeness (QED) is 0.553. The lowest BCUT2D eigenvalue weighted by molar-refractivity contribution is 0.187. The normalized spacial score (nSPS) is 22.3. The SMILES string of the molecule is CN1CCCC1COc1nc2c(c(N3CCNC(CC#N)C3)n1)CCN(c1cccc3ccn(C)c13)C2. The Morgan fingerprint density at radius 1 is 1.14 bits per heavy atom. The lowest BCUT2D eigenvalue weighted by Crippen LogP contribution is -2.51. The summed E-state index contributed by atoms with van der Waals surface area (Å²) >= 11 is 0. The molecule has 3 aliphatic rings. The smallest absolute Gasteiger partial charge is 0.318 e. The maximum atomic E-state index is 9.26. The number of likely N-dealkylation sites (tertiary alicyclic amines) is 1. The van der Waals surface area contributed by atoms with Crippen molar-refractivity contribution >= 4 is 22.4 Å². The van der Waals surface area contributed by atoms with E-state index in [2.05, 4.69) is 75.2 Å². The fourth-order valence-electron chi connectivity index (χ4n) is 6.13. The summed E-state index contributed by atoms with van der Waals surface area (Å²) in [7, 11) is 4.27. The third kappa shape index (κ3) is 4.72. The molecule has 0 amide bonds. The van der Waals surface area contributed by atoms with Gasteiger partial charge < -0.3 is 29.3 Å². The molecule has 2 saturated heterocycles. The van der Waals surface area contributed by atoms with E-state index in [1.165, 1.54) is 28.6 Å². The van der Waals surface area contributed by atoms with Gasteiger partial charge in [-0.2, -0.15) is 15.2 Å². The Bertz CT molecular complexity index is 1310. The van der Waals surface area contributed by atoms with E-state index < -0.39 is 0 Å². The number of hydrogen-bond acceptors (Lipinski definition) is 8. The largest absolute Gasteiger partial charge is 0.462 e. The Morgan fingerprint density at radius 3 is 2.89 bits per heavy atom. The summed E-state index contributed by atoms with van der Waals surface area (Å²) in [5.41, 5.74) is 4.76. The monoisotopic (exact) mass is 500 g/mol. The highest BCUT2D eigenvalue weighted by Crippen LogP contribution is 2.34. The molecule has 9 nitrogen and oxygen atoms in total. The van der Waals surface area contributed by atoms with Crippen LogP contribution in [0.2, 0.25) is 0 Å². The van der Waals surface area contributed by atoms with Crippen molar-refractivity contribution in [2.24, 2.45) is 7.05 Å². The molecule has 3 aromatic rings. The fourth-order valence-corrected chi connectivity index (χ4v) is 6.13. The summed E-state index contributed by atoms with van der Waals surface area (Å²) in [4.78, 5) is 17.1. The minimum Gasteiger partial charge on any atom is -0.462 e. The average molecular weight is 501 g/mol. The van der Waals surface area contributed by atoms with E-state index in [1.54, 1.807) is 0 Å². The van der Waals surface area contributed by atoms with Gasteiger partial charge >= 0.3 is 6.01 Å². The van der Waals surface area contributed by atoms with Gasteiger partial charge in [0.05, 0.1) is 35.9 Å². The summed E-state index contributed by atoms with van der Waals surface area (Å²) in [5, 5.41) is 14.0. The van der Waals surface area contributed by atoms with Crippen LogP contribution in [0.15, 0.2) is 30.5 Å². The van der Waals surface area contributed by atoms with E-state index in [9.17, 15) is 5.26 Å². The molecule has 2 fully saturated rings. The van der Waals surface area contributed by atoms with Crippen molar-refractivity contribution in [2.75, 3.05) is 56.2 Å². The number of aromatic nitrogens is 3. The maximum Gasteiger partial charge on any atom is 0.318 e. The highest BCUT2D eigenvalue weighted by molar-refractivity contribution is 5.92. The molecule has 5 heterocycles. The van der Waals surface area contributed by atoms with Gasteiger partial charge in [-0.25, -0.2) is 0 Å². The molecule has 9 heteroatoms. The highest BCUT2D eigenvalue weighted by Gasteiger charge is 2.30. The second kappa shape index (κ2) is 10.2. The molecule has 0 spiro atoms. The van der Waals surface area contributed by atoms with Crippen LogP contribution in [0.4, 0.5) is 11.5 Å². The van der Waals surface area contributed by atoms with Gasteiger partial charge in [0.1, 0.15) is 12.4 Å². The van der Waals surface area contributed by atoms with Gasteiger partial charge in [0.25, 0.3) is 0 Å². The third-order valence-electron chi connectivity index (χ3n) is 8.21. The van der Waals surface area contributed by atoms with Crippen molar-refractivity contribution in [3.05, 3.63) is 41.7 Å². The zero-order valence-corrected chi connectivity index (χ0v) is 21.9. The van der Waals surface area contributed by atoms with E-state index >= 15 is 0 Å². The topological polar surface area (TPSA) is 85.5 Å². The van der Waals surface area contributed by atoms with Crippen molar-refractivity contribution in [1.29, 1.82) is 5.26 Å². The predicted octanol–water partition coefficient (Wildman–Crippen LogP) is 2.70. The summed E-state index contributed by atoms with van der Waals surface area (Å²) in [6.07, 6.45) is 5.86. The van der Waals surface area contributed by atoms with E-state index in [1.807, 2.05) is 0 Å². The number of aryl methyl sites for hydroxylation is 1. The van der Waals surface area contributed by atoms with Crippen molar-refractivity contribution in [2.45, 2.75) is 44.3 Å². The number of para-hydroxylation sites is 1. The van der Waals surface area contributed by atoms with Crippen LogP contribution < -0.4 is 19.9 Å². The van der Waals surface area contributed by atoms with Crippen LogP contribution in [0.3, 0.4) is 0 Å². The van der Waals surface area contributed by atoms with E-state index in [-0.39, 0.29) is 6.04 Å². The average Bonchev–Trinajstić information content (AvgIpc) is 3.51. The third-order valence-corrected chi connectivity index (χ3v) is 8.21. The zero-order chi connectivity index (χ0) is 25.4. The van der Waals surface area contributed by atoms with Crippen molar-refractivity contribution in [3.63, 3.8) is 0 Å². The van der Waals surface area contributed by atoms with Crippen molar-refractivity contribution < 1.29 is 4.74 Å². The molecule has 2 unspecified atom stereocenters. The van der Waals surface area contributed by atoms with Crippen molar-refractivity contribution in [1.82, 2.24) is 24.8 Å². The number of anilines is 2.